The number of benzene rings is 4. The molecule has 0 aliphatic carbocycles. The Kier molecular flexibility index (Phi) is 9.49. The van der Waals surface area contributed by atoms with E-state index in [0.717, 1.165) is 84.2 Å². The Hall–Kier alpha value is -4.99. The molecule has 2 aromatic heterocycles. The summed E-state index contributed by atoms with van der Waals surface area (Å²) in [5, 5.41) is 0. The van der Waals surface area contributed by atoms with Gasteiger partial charge in [0.2, 0.25) is 0 Å². The second-order valence-corrected chi connectivity index (χ2v) is 12.3. The summed E-state index contributed by atoms with van der Waals surface area (Å²) in [6, 6.07) is 27.5. The molecular weight excluding hydrogens is 603 g/mol. The molecule has 2 aliphatic heterocycles. The number of nitrogens with zero attached hydrogens (tertiary/aromatic N) is 6. The molecule has 4 heterocycles. The first-order chi connectivity index (χ1) is 23.5. The van der Waals surface area contributed by atoms with Crippen LogP contribution in [0.1, 0.15) is 25.3 Å². The van der Waals surface area contributed by atoms with Gasteiger partial charge in [-0.25, -0.2) is 14.4 Å². The summed E-state index contributed by atoms with van der Waals surface area (Å²) >= 11 is 0. The molecule has 48 heavy (non-hydrogen) atoms. The van der Waals surface area contributed by atoms with Crippen molar-refractivity contribution in [3.8, 4) is 22.3 Å². The second-order valence-electron chi connectivity index (χ2n) is 12.3. The van der Waals surface area contributed by atoms with E-state index in [2.05, 4.69) is 76.1 Å². The first kappa shape index (κ1) is 31.6. The van der Waals surface area contributed by atoms with Crippen LogP contribution in [0.4, 0.5) is 16.0 Å². The van der Waals surface area contributed by atoms with Crippen molar-refractivity contribution in [3.05, 3.63) is 109 Å². The van der Waals surface area contributed by atoms with Crippen molar-refractivity contribution < 1.29 is 13.9 Å². The molecule has 0 spiro atoms. The smallest absolute Gasteiger partial charge is 0.148 e. The normalized spacial score (nSPS) is 15.1. The second kappa shape index (κ2) is 14.4. The summed E-state index contributed by atoms with van der Waals surface area (Å²) in [7, 11) is 0. The molecule has 9 heteroatoms. The van der Waals surface area contributed by atoms with Gasteiger partial charge >= 0.3 is 0 Å². The fourth-order valence-electron chi connectivity index (χ4n) is 5.98. The number of hydrogen-bond donors (Lipinski definition) is 0. The van der Waals surface area contributed by atoms with Gasteiger partial charge in [-0.3, -0.25) is 9.97 Å². The van der Waals surface area contributed by atoms with Gasteiger partial charge in [0.15, 0.2) is 0 Å². The zero-order valence-electron chi connectivity index (χ0n) is 27.3. The molecule has 0 N–H and O–H groups in total. The third-order valence-electron chi connectivity index (χ3n) is 8.80. The van der Waals surface area contributed by atoms with Gasteiger partial charge < -0.3 is 19.3 Å². The molecule has 0 bridgehead atoms. The molecular formula is C39H39FN6O2. The minimum Gasteiger partial charge on any atom is -0.378 e. The highest BCUT2D eigenvalue weighted by Gasteiger charge is 2.15. The molecule has 0 unspecified atom stereocenters. The minimum atomic E-state index is -0.240. The summed E-state index contributed by atoms with van der Waals surface area (Å²) in [6.07, 6.45) is 3.67. The molecule has 2 saturated heterocycles. The van der Waals surface area contributed by atoms with E-state index in [1.807, 2.05) is 30.5 Å². The molecule has 4 aromatic carbocycles. The summed E-state index contributed by atoms with van der Waals surface area (Å²) in [5.41, 5.74) is 9.04. The monoisotopic (exact) mass is 642 g/mol. The van der Waals surface area contributed by atoms with E-state index in [9.17, 15) is 4.39 Å². The van der Waals surface area contributed by atoms with Crippen molar-refractivity contribution in [2.45, 2.75) is 19.8 Å². The van der Waals surface area contributed by atoms with E-state index in [0.29, 0.717) is 19.1 Å². The van der Waals surface area contributed by atoms with Crippen LogP contribution in [0.15, 0.2) is 97.3 Å². The van der Waals surface area contributed by atoms with Crippen molar-refractivity contribution in [3.63, 3.8) is 0 Å². The number of rotatable bonds is 5. The quantitative estimate of drug-likeness (QED) is 0.191. The number of halogens is 1. The maximum Gasteiger partial charge on any atom is 0.148 e. The van der Waals surface area contributed by atoms with E-state index < -0.39 is 0 Å². The molecule has 8 nitrogen and oxygen atoms in total. The Morgan fingerprint density at radius 1 is 0.562 bits per heavy atom. The third-order valence-corrected chi connectivity index (χ3v) is 8.80. The van der Waals surface area contributed by atoms with Gasteiger partial charge in [0, 0.05) is 26.2 Å². The van der Waals surface area contributed by atoms with Crippen molar-refractivity contribution in [2.24, 2.45) is 0 Å². The molecule has 0 atom stereocenters. The van der Waals surface area contributed by atoms with Crippen LogP contribution >= 0.6 is 0 Å². The molecule has 0 amide bonds. The Balaban J connectivity index is 0.000000152. The average Bonchev–Trinajstić information content (AvgIpc) is 3.15. The van der Waals surface area contributed by atoms with Crippen LogP contribution in [-0.2, 0) is 9.47 Å². The molecule has 0 saturated carbocycles. The molecule has 8 rings (SSSR count). The lowest BCUT2D eigenvalue weighted by molar-refractivity contribution is 0.122. The zero-order valence-corrected chi connectivity index (χ0v) is 27.3. The fraction of sp³-hybridized carbons (Fsp3) is 0.282. The van der Waals surface area contributed by atoms with Gasteiger partial charge in [-0.2, -0.15) is 0 Å². The highest BCUT2D eigenvalue weighted by atomic mass is 19.1. The first-order valence-electron chi connectivity index (χ1n) is 16.6. The number of aromatic nitrogens is 4. The highest BCUT2D eigenvalue weighted by Crippen LogP contribution is 2.27. The SMILES string of the molecule is CC(C)c1ccc(-c2ccc3ncc(N4CCOCC4)nc3c2)cc1.Fc1cccc(-c2ccc3ncc(N4CCOCC4)nc3c2)c1. The van der Waals surface area contributed by atoms with Crippen molar-refractivity contribution in [1.82, 2.24) is 19.9 Å². The van der Waals surface area contributed by atoms with E-state index in [4.69, 9.17) is 19.4 Å². The number of fused-ring (bicyclic) bond motifs is 2. The number of anilines is 2. The maximum absolute atomic E-state index is 13.4. The van der Waals surface area contributed by atoms with Gasteiger partial charge in [-0.15, -0.1) is 0 Å². The standard InChI is InChI=1S/C21H23N3O.C18H16FN3O/c1-15(2)16-3-5-17(6-4-16)18-7-8-19-20(13-18)23-21(14-22-19)24-9-11-25-12-10-24;19-15-3-1-2-13(10-15)14-4-5-16-17(11-14)21-18(12-20-16)22-6-8-23-9-7-22/h3-8,13-15H,9-12H2,1-2H3;1-5,10-12H,6-9H2. The third kappa shape index (κ3) is 7.27. The summed E-state index contributed by atoms with van der Waals surface area (Å²) < 4.78 is 24.2. The predicted octanol–water partition coefficient (Wildman–Crippen LogP) is 7.53. The van der Waals surface area contributed by atoms with Crippen LogP contribution < -0.4 is 9.80 Å². The van der Waals surface area contributed by atoms with Crippen molar-refractivity contribution in [1.29, 1.82) is 0 Å². The van der Waals surface area contributed by atoms with Gasteiger partial charge in [0.1, 0.15) is 17.5 Å². The molecule has 0 radical (unpaired) electrons. The Bertz CT molecular complexity index is 2010. The van der Waals surface area contributed by atoms with E-state index in [1.165, 1.54) is 28.8 Å². The number of hydrogen-bond acceptors (Lipinski definition) is 8. The van der Waals surface area contributed by atoms with Crippen LogP contribution in [0.25, 0.3) is 44.3 Å². The van der Waals surface area contributed by atoms with Crippen molar-refractivity contribution in [2.75, 3.05) is 62.4 Å². The Morgan fingerprint density at radius 3 is 1.54 bits per heavy atom. The number of morpholine rings is 2. The lowest BCUT2D eigenvalue weighted by Crippen LogP contribution is -2.36. The largest absolute Gasteiger partial charge is 0.378 e. The zero-order chi connectivity index (χ0) is 32.9. The van der Waals surface area contributed by atoms with Crippen molar-refractivity contribution >= 4 is 33.7 Å². The predicted molar refractivity (Wildman–Crippen MR) is 190 cm³/mol. The van der Waals surface area contributed by atoms with Crippen LogP contribution in [0.3, 0.4) is 0 Å². The minimum absolute atomic E-state index is 0.240. The summed E-state index contributed by atoms with van der Waals surface area (Å²) in [5.74, 6) is 2.10. The first-order valence-corrected chi connectivity index (χ1v) is 16.6. The Morgan fingerprint density at radius 2 is 1.04 bits per heavy atom. The molecule has 244 valence electrons. The average molecular weight is 643 g/mol. The maximum atomic E-state index is 13.4. The van der Waals surface area contributed by atoms with Crippen LogP contribution in [0, 0.1) is 5.82 Å². The highest BCUT2D eigenvalue weighted by molar-refractivity contribution is 5.83. The summed E-state index contributed by atoms with van der Waals surface area (Å²) in [6.45, 7) is 10.7. The topological polar surface area (TPSA) is 76.5 Å². The van der Waals surface area contributed by atoms with Crippen LogP contribution in [-0.4, -0.2) is 72.5 Å². The lowest BCUT2D eigenvalue weighted by atomic mass is 9.98. The lowest BCUT2D eigenvalue weighted by Gasteiger charge is -2.27. The van der Waals surface area contributed by atoms with Gasteiger partial charge in [-0.05, 0) is 70.1 Å². The summed E-state index contributed by atoms with van der Waals surface area (Å²) in [4.78, 5) is 23.0. The van der Waals surface area contributed by atoms with Crippen LogP contribution in [0.5, 0.6) is 0 Å². The van der Waals surface area contributed by atoms with Gasteiger partial charge in [0.25, 0.3) is 0 Å². The van der Waals surface area contributed by atoms with Gasteiger partial charge in [0.05, 0.1) is 60.9 Å². The van der Waals surface area contributed by atoms with E-state index in [-0.39, 0.29) is 5.82 Å². The molecule has 2 fully saturated rings. The number of ether oxygens (including phenoxy) is 2. The van der Waals surface area contributed by atoms with Gasteiger partial charge in [-0.1, -0.05) is 62.4 Å². The molecule has 2 aliphatic rings. The van der Waals surface area contributed by atoms with Crippen LogP contribution in [0.2, 0.25) is 0 Å². The Labute approximate surface area is 280 Å². The molecule has 6 aromatic rings. The fourth-order valence-corrected chi connectivity index (χ4v) is 5.98. The van der Waals surface area contributed by atoms with E-state index in [1.54, 1.807) is 12.3 Å². The van der Waals surface area contributed by atoms with E-state index >= 15 is 0 Å².